The Hall–Kier alpha value is -2.18. The van der Waals surface area contributed by atoms with Crippen LogP contribution in [0.4, 0.5) is 5.69 Å². The molecule has 24 heavy (non-hydrogen) atoms. The van der Waals surface area contributed by atoms with E-state index in [0.29, 0.717) is 5.69 Å². The summed E-state index contributed by atoms with van der Waals surface area (Å²) < 4.78 is 27.1. The zero-order chi connectivity index (χ0) is 17.9. The maximum atomic E-state index is 12.4. The predicted molar refractivity (Wildman–Crippen MR) is 95.5 cm³/mol. The van der Waals surface area contributed by atoms with Crippen LogP contribution in [0.15, 0.2) is 47.4 Å². The van der Waals surface area contributed by atoms with Crippen molar-refractivity contribution in [1.29, 1.82) is 0 Å². The summed E-state index contributed by atoms with van der Waals surface area (Å²) in [5.41, 5.74) is 3.53. The minimum Gasteiger partial charge on any atom is -0.324 e. The van der Waals surface area contributed by atoms with Crippen molar-refractivity contribution >= 4 is 21.6 Å². The Labute approximate surface area is 143 Å². The highest BCUT2D eigenvalue weighted by molar-refractivity contribution is 7.89. The number of hydrogen-bond donors (Lipinski definition) is 2. The Kier molecular flexibility index (Phi) is 5.41. The molecule has 0 aromatic heterocycles. The van der Waals surface area contributed by atoms with Crippen LogP contribution >= 0.6 is 0 Å². The number of sulfonamides is 1. The first-order chi connectivity index (χ1) is 11.2. The van der Waals surface area contributed by atoms with Gasteiger partial charge >= 0.3 is 0 Å². The molecule has 1 atom stereocenters. The van der Waals surface area contributed by atoms with Crippen LogP contribution in [0.3, 0.4) is 0 Å². The first-order valence-corrected chi connectivity index (χ1v) is 9.15. The van der Waals surface area contributed by atoms with Gasteiger partial charge in [-0.1, -0.05) is 35.9 Å². The molecule has 0 spiro atoms. The van der Waals surface area contributed by atoms with Crippen molar-refractivity contribution in [2.45, 2.75) is 38.6 Å². The third-order valence-electron chi connectivity index (χ3n) is 3.79. The van der Waals surface area contributed by atoms with Gasteiger partial charge in [-0.15, -0.1) is 0 Å². The van der Waals surface area contributed by atoms with E-state index in [2.05, 4.69) is 10.0 Å². The van der Waals surface area contributed by atoms with E-state index in [1.807, 2.05) is 39.0 Å². The van der Waals surface area contributed by atoms with E-state index in [9.17, 15) is 13.2 Å². The van der Waals surface area contributed by atoms with Crippen LogP contribution in [0, 0.1) is 20.8 Å². The fraction of sp³-hybridized carbons (Fsp3) is 0.278. The van der Waals surface area contributed by atoms with Gasteiger partial charge in [-0.25, -0.2) is 8.42 Å². The molecule has 2 rings (SSSR count). The second kappa shape index (κ2) is 7.15. The van der Waals surface area contributed by atoms with Crippen LogP contribution in [0.1, 0.15) is 23.6 Å². The molecule has 0 aliphatic rings. The highest BCUT2D eigenvalue weighted by atomic mass is 32.2. The Morgan fingerprint density at radius 1 is 0.958 bits per heavy atom. The van der Waals surface area contributed by atoms with Crippen LogP contribution in [0.2, 0.25) is 0 Å². The fourth-order valence-electron chi connectivity index (χ4n) is 2.31. The Morgan fingerprint density at radius 3 is 2.04 bits per heavy atom. The Morgan fingerprint density at radius 2 is 1.50 bits per heavy atom. The van der Waals surface area contributed by atoms with Crippen molar-refractivity contribution in [3.8, 4) is 0 Å². The topological polar surface area (TPSA) is 75.3 Å². The standard InChI is InChI=1S/C18H22N2O3S/c1-12-8-10-16(11-9-12)24(22,23)20-15(4)18(21)19-17-13(2)6-5-7-14(17)3/h5-11,15,20H,1-4H3,(H,19,21). The molecular weight excluding hydrogens is 324 g/mol. The Balaban J connectivity index is 2.12. The number of aryl methyl sites for hydroxylation is 3. The lowest BCUT2D eigenvalue weighted by Crippen LogP contribution is -2.41. The van der Waals surface area contributed by atoms with Crippen LogP contribution in [-0.4, -0.2) is 20.4 Å². The zero-order valence-electron chi connectivity index (χ0n) is 14.3. The monoisotopic (exact) mass is 346 g/mol. The predicted octanol–water partition coefficient (Wildman–Crippen LogP) is 2.92. The molecule has 128 valence electrons. The SMILES string of the molecule is Cc1ccc(S(=O)(=O)NC(C)C(=O)Nc2c(C)cccc2C)cc1. The summed E-state index contributed by atoms with van der Waals surface area (Å²) in [5.74, 6) is -0.400. The summed E-state index contributed by atoms with van der Waals surface area (Å²) in [5, 5.41) is 2.80. The van der Waals surface area contributed by atoms with E-state index in [0.717, 1.165) is 16.7 Å². The third kappa shape index (κ3) is 4.21. The number of anilines is 1. The average Bonchev–Trinajstić information content (AvgIpc) is 2.51. The summed E-state index contributed by atoms with van der Waals surface area (Å²) in [7, 11) is -3.74. The van der Waals surface area contributed by atoms with Gasteiger partial charge in [0.1, 0.15) is 0 Å². The number of nitrogens with one attached hydrogen (secondary N) is 2. The molecule has 0 saturated carbocycles. The van der Waals surface area contributed by atoms with Gasteiger partial charge in [0.05, 0.1) is 10.9 Å². The van der Waals surface area contributed by atoms with Gasteiger partial charge in [0.2, 0.25) is 15.9 Å². The molecule has 0 radical (unpaired) electrons. The third-order valence-corrected chi connectivity index (χ3v) is 5.34. The summed E-state index contributed by atoms with van der Waals surface area (Å²) in [4.78, 5) is 12.5. The number of benzene rings is 2. The molecule has 2 N–H and O–H groups in total. The van der Waals surface area contributed by atoms with Crippen molar-refractivity contribution in [2.24, 2.45) is 0 Å². The molecule has 1 amide bonds. The first kappa shape index (κ1) is 18.2. The number of rotatable bonds is 5. The van der Waals surface area contributed by atoms with Gasteiger partial charge in [0.15, 0.2) is 0 Å². The van der Waals surface area contributed by atoms with Crippen molar-refractivity contribution in [3.63, 3.8) is 0 Å². The van der Waals surface area contributed by atoms with Crippen LogP contribution in [-0.2, 0) is 14.8 Å². The van der Waals surface area contributed by atoms with E-state index >= 15 is 0 Å². The summed E-state index contributed by atoms with van der Waals surface area (Å²) in [6, 6.07) is 11.3. The van der Waals surface area contributed by atoms with Crippen molar-refractivity contribution in [3.05, 3.63) is 59.2 Å². The molecule has 2 aromatic rings. The lowest BCUT2D eigenvalue weighted by atomic mass is 10.1. The van der Waals surface area contributed by atoms with Gasteiger partial charge < -0.3 is 5.32 Å². The molecule has 0 saturated heterocycles. The second-order valence-corrected chi connectivity index (χ2v) is 7.63. The molecule has 0 aliphatic carbocycles. The van der Waals surface area contributed by atoms with Crippen molar-refractivity contribution in [2.75, 3.05) is 5.32 Å². The minimum absolute atomic E-state index is 0.139. The van der Waals surface area contributed by atoms with Crippen molar-refractivity contribution in [1.82, 2.24) is 4.72 Å². The van der Waals surface area contributed by atoms with E-state index in [4.69, 9.17) is 0 Å². The highest BCUT2D eigenvalue weighted by Crippen LogP contribution is 2.19. The van der Waals surface area contributed by atoms with Gasteiger partial charge in [0.25, 0.3) is 0 Å². The van der Waals surface area contributed by atoms with Crippen LogP contribution in [0.25, 0.3) is 0 Å². The smallest absolute Gasteiger partial charge is 0.242 e. The van der Waals surface area contributed by atoms with E-state index in [-0.39, 0.29) is 4.90 Å². The zero-order valence-corrected chi connectivity index (χ0v) is 15.1. The summed E-state index contributed by atoms with van der Waals surface area (Å²) in [6.45, 7) is 7.19. The largest absolute Gasteiger partial charge is 0.324 e. The first-order valence-electron chi connectivity index (χ1n) is 7.67. The molecule has 5 nitrogen and oxygen atoms in total. The molecule has 0 fully saturated rings. The van der Waals surface area contributed by atoms with E-state index < -0.39 is 22.0 Å². The summed E-state index contributed by atoms with van der Waals surface area (Å²) >= 11 is 0. The summed E-state index contributed by atoms with van der Waals surface area (Å²) in [6.07, 6.45) is 0. The lowest BCUT2D eigenvalue weighted by Gasteiger charge is -2.17. The molecule has 0 bridgehead atoms. The van der Waals surface area contributed by atoms with Crippen LogP contribution in [0.5, 0.6) is 0 Å². The van der Waals surface area contributed by atoms with Gasteiger partial charge in [-0.05, 0) is 51.0 Å². The van der Waals surface area contributed by atoms with Crippen molar-refractivity contribution < 1.29 is 13.2 Å². The molecule has 0 heterocycles. The van der Waals surface area contributed by atoms with Gasteiger partial charge in [-0.3, -0.25) is 4.79 Å². The number of carbonyl (C=O) groups excluding carboxylic acids is 1. The number of carbonyl (C=O) groups is 1. The quantitative estimate of drug-likeness (QED) is 0.874. The fourth-order valence-corrected chi connectivity index (χ4v) is 3.52. The molecule has 1 unspecified atom stereocenters. The second-order valence-electron chi connectivity index (χ2n) is 5.91. The molecule has 6 heteroatoms. The number of para-hydroxylation sites is 1. The van der Waals surface area contributed by atoms with E-state index in [1.165, 1.54) is 19.1 Å². The molecule has 2 aromatic carbocycles. The molecule has 0 aliphatic heterocycles. The Bertz CT molecular complexity index is 823. The molecular formula is C18H22N2O3S. The lowest BCUT2D eigenvalue weighted by molar-refractivity contribution is -0.117. The van der Waals surface area contributed by atoms with Gasteiger partial charge in [0, 0.05) is 5.69 Å². The average molecular weight is 346 g/mol. The highest BCUT2D eigenvalue weighted by Gasteiger charge is 2.22. The van der Waals surface area contributed by atoms with E-state index in [1.54, 1.807) is 12.1 Å². The normalized spacial score (nSPS) is 12.7. The maximum absolute atomic E-state index is 12.4. The maximum Gasteiger partial charge on any atom is 0.242 e. The number of hydrogen-bond acceptors (Lipinski definition) is 3. The minimum atomic E-state index is -3.74. The van der Waals surface area contributed by atoms with Crippen LogP contribution < -0.4 is 10.0 Å². The number of amides is 1. The van der Waals surface area contributed by atoms with Gasteiger partial charge in [-0.2, -0.15) is 4.72 Å².